The Morgan fingerprint density at radius 3 is 2.79 bits per heavy atom. The fourth-order valence-corrected chi connectivity index (χ4v) is 2.81. The molecule has 14 heavy (non-hydrogen) atoms. The summed E-state index contributed by atoms with van der Waals surface area (Å²) in [7, 11) is 0. The Labute approximate surface area is 87.7 Å². The average Bonchev–Trinajstić information content (AvgIpc) is 2.89. The number of isocyanates is 1. The summed E-state index contributed by atoms with van der Waals surface area (Å²) in [5.41, 5.74) is 0.835. The van der Waals surface area contributed by atoms with E-state index in [1.165, 1.54) is 22.6 Å². The molecular formula is C11H13NOS. The van der Waals surface area contributed by atoms with Gasteiger partial charge in [0, 0.05) is 9.75 Å². The Kier molecular flexibility index (Phi) is 2.53. The Morgan fingerprint density at radius 1 is 1.57 bits per heavy atom. The van der Waals surface area contributed by atoms with E-state index in [9.17, 15) is 4.79 Å². The van der Waals surface area contributed by atoms with Crippen LogP contribution >= 0.6 is 11.3 Å². The quantitative estimate of drug-likeness (QED) is 0.548. The standard InChI is InChI=1S/C11H13NOS/c1-7(2)11-9(12-6-13)5-10(14-11)8-3-4-8/h5,7-8H,3-4H2,1-2H3. The van der Waals surface area contributed by atoms with Crippen LogP contribution in [0, 0.1) is 0 Å². The predicted molar refractivity (Wildman–Crippen MR) is 58.2 cm³/mol. The van der Waals surface area contributed by atoms with Gasteiger partial charge in [0.25, 0.3) is 0 Å². The van der Waals surface area contributed by atoms with E-state index in [1.54, 1.807) is 17.4 Å². The molecule has 0 amide bonds. The van der Waals surface area contributed by atoms with Crippen molar-refractivity contribution >= 4 is 23.1 Å². The topological polar surface area (TPSA) is 29.4 Å². The molecule has 2 nitrogen and oxygen atoms in total. The first kappa shape index (κ1) is 9.63. The molecule has 1 aliphatic rings. The van der Waals surface area contributed by atoms with Crippen LogP contribution in [0.3, 0.4) is 0 Å². The maximum atomic E-state index is 10.3. The number of carbonyl (C=O) groups excluding carboxylic acids is 1. The van der Waals surface area contributed by atoms with Crippen LogP contribution in [0.2, 0.25) is 0 Å². The molecule has 0 N–H and O–H groups in total. The summed E-state index contributed by atoms with van der Waals surface area (Å²) >= 11 is 1.81. The minimum atomic E-state index is 0.444. The predicted octanol–water partition coefficient (Wildman–Crippen LogP) is 3.72. The Morgan fingerprint density at radius 2 is 2.29 bits per heavy atom. The zero-order valence-corrected chi connectivity index (χ0v) is 9.23. The van der Waals surface area contributed by atoms with Gasteiger partial charge in [0.15, 0.2) is 0 Å². The summed E-state index contributed by atoms with van der Waals surface area (Å²) < 4.78 is 0. The first-order chi connectivity index (χ1) is 6.72. The fraction of sp³-hybridized carbons (Fsp3) is 0.545. The third-order valence-electron chi connectivity index (χ3n) is 2.43. The van der Waals surface area contributed by atoms with Crippen molar-refractivity contribution in [2.75, 3.05) is 0 Å². The Bertz CT molecular complexity index is 384. The maximum Gasteiger partial charge on any atom is 0.240 e. The highest BCUT2D eigenvalue weighted by atomic mass is 32.1. The molecule has 0 bridgehead atoms. The van der Waals surface area contributed by atoms with Gasteiger partial charge in [0.2, 0.25) is 6.08 Å². The van der Waals surface area contributed by atoms with Gasteiger partial charge < -0.3 is 0 Å². The van der Waals surface area contributed by atoms with Crippen molar-refractivity contribution in [1.82, 2.24) is 0 Å². The highest BCUT2D eigenvalue weighted by molar-refractivity contribution is 7.12. The van der Waals surface area contributed by atoms with Crippen molar-refractivity contribution < 1.29 is 4.79 Å². The molecule has 0 unspecified atom stereocenters. The van der Waals surface area contributed by atoms with Crippen molar-refractivity contribution in [3.63, 3.8) is 0 Å². The summed E-state index contributed by atoms with van der Waals surface area (Å²) in [6.45, 7) is 4.26. The van der Waals surface area contributed by atoms with E-state index >= 15 is 0 Å². The zero-order valence-electron chi connectivity index (χ0n) is 8.41. The number of aliphatic imine (C=N–C) groups is 1. The van der Waals surface area contributed by atoms with E-state index in [0.717, 1.165) is 11.6 Å². The lowest BCUT2D eigenvalue weighted by Crippen LogP contribution is -1.80. The van der Waals surface area contributed by atoms with E-state index < -0.39 is 0 Å². The molecule has 2 rings (SSSR count). The second-order valence-electron chi connectivity index (χ2n) is 4.03. The summed E-state index contributed by atoms with van der Waals surface area (Å²) in [4.78, 5) is 16.6. The zero-order chi connectivity index (χ0) is 10.1. The monoisotopic (exact) mass is 207 g/mol. The molecule has 1 aromatic heterocycles. The van der Waals surface area contributed by atoms with Gasteiger partial charge in [-0.05, 0) is 30.7 Å². The maximum absolute atomic E-state index is 10.3. The molecule has 0 atom stereocenters. The van der Waals surface area contributed by atoms with E-state index in [4.69, 9.17) is 0 Å². The smallest absolute Gasteiger partial charge is 0.211 e. The lowest BCUT2D eigenvalue weighted by Gasteiger charge is -2.00. The van der Waals surface area contributed by atoms with Crippen molar-refractivity contribution in [2.24, 2.45) is 4.99 Å². The highest BCUT2D eigenvalue weighted by Gasteiger charge is 2.27. The van der Waals surface area contributed by atoms with Gasteiger partial charge in [-0.3, -0.25) is 0 Å². The molecule has 1 heterocycles. The normalized spacial score (nSPS) is 15.6. The number of rotatable bonds is 3. The number of hydrogen-bond acceptors (Lipinski definition) is 3. The summed E-state index contributed by atoms with van der Waals surface area (Å²) in [5, 5.41) is 0. The second-order valence-corrected chi connectivity index (χ2v) is 5.15. The van der Waals surface area contributed by atoms with E-state index in [0.29, 0.717) is 5.92 Å². The van der Waals surface area contributed by atoms with Crippen LogP contribution in [-0.2, 0) is 4.79 Å². The highest BCUT2D eigenvalue weighted by Crippen LogP contribution is 2.47. The van der Waals surface area contributed by atoms with E-state index in [-0.39, 0.29) is 0 Å². The van der Waals surface area contributed by atoms with Crippen LogP contribution < -0.4 is 0 Å². The van der Waals surface area contributed by atoms with Crippen molar-refractivity contribution in [3.05, 3.63) is 15.8 Å². The van der Waals surface area contributed by atoms with Gasteiger partial charge in [-0.25, -0.2) is 4.79 Å². The first-order valence-electron chi connectivity index (χ1n) is 4.94. The SMILES string of the molecule is CC(C)c1sc(C2CC2)cc1N=C=O. The molecule has 0 saturated heterocycles. The molecule has 1 aliphatic carbocycles. The second kappa shape index (κ2) is 3.68. The molecule has 1 saturated carbocycles. The minimum absolute atomic E-state index is 0.444. The largest absolute Gasteiger partial charge is 0.240 e. The molecule has 0 aromatic carbocycles. The van der Waals surface area contributed by atoms with Gasteiger partial charge in [-0.2, -0.15) is 4.99 Å². The number of hydrogen-bond donors (Lipinski definition) is 0. The number of thiophene rings is 1. The molecule has 1 fully saturated rings. The lowest BCUT2D eigenvalue weighted by molar-refractivity contribution is 0.565. The third kappa shape index (κ3) is 1.79. The van der Waals surface area contributed by atoms with Crippen LogP contribution in [0.15, 0.2) is 11.1 Å². The van der Waals surface area contributed by atoms with Crippen LogP contribution in [0.5, 0.6) is 0 Å². The Hall–Kier alpha value is -0.920. The van der Waals surface area contributed by atoms with Crippen LogP contribution in [0.1, 0.15) is 48.3 Å². The average molecular weight is 207 g/mol. The van der Waals surface area contributed by atoms with Crippen LogP contribution in [-0.4, -0.2) is 6.08 Å². The van der Waals surface area contributed by atoms with Gasteiger partial charge in [-0.15, -0.1) is 11.3 Å². The summed E-state index contributed by atoms with van der Waals surface area (Å²) in [6.07, 6.45) is 4.22. The van der Waals surface area contributed by atoms with Gasteiger partial charge in [-0.1, -0.05) is 13.8 Å². The lowest BCUT2D eigenvalue weighted by atomic mass is 10.1. The van der Waals surface area contributed by atoms with E-state index in [1.807, 2.05) is 0 Å². The van der Waals surface area contributed by atoms with Crippen LogP contribution in [0.25, 0.3) is 0 Å². The molecule has 74 valence electrons. The molecule has 0 radical (unpaired) electrons. The molecular weight excluding hydrogens is 194 g/mol. The molecule has 3 heteroatoms. The van der Waals surface area contributed by atoms with Gasteiger partial charge >= 0.3 is 0 Å². The van der Waals surface area contributed by atoms with Crippen LogP contribution in [0.4, 0.5) is 5.69 Å². The summed E-state index contributed by atoms with van der Waals surface area (Å²) in [5.74, 6) is 1.19. The fourth-order valence-electron chi connectivity index (χ4n) is 1.53. The summed E-state index contributed by atoms with van der Waals surface area (Å²) in [6, 6.07) is 2.06. The third-order valence-corrected chi connectivity index (χ3v) is 4.02. The Balaban J connectivity index is 2.39. The molecule has 0 spiro atoms. The van der Waals surface area contributed by atoms with E-state index in [2.05, 4.69) is 24.9 Å². The first-order valence-corrected chi connectivity index (χ1v) is 5.75. The van der Waals surface area contributed by atoms with Crippen molar-refractivity contribution in [1.29, 1.82) is 0 Å². The number of nitrogens with zero attached hydrogens (tertiary/aromatic N) is 1. The van der Waals surface area contributed by atoms with Crippen molar-refractivity contribution in [2.45, 2.75) is 38.5 Å². The van der Waals surface area contributed by atoms with Gasteiger partial charge in [0.05, 0.1) is 5.69 Å². The minimum Gasteiger partial charge on any atom is -0.211 e. The van der Waals surface area contributed by atoms with Gasteiger partial charge in [0.1, 0.15) is 0 Å². The molecule has 1 aromatic rings. The molecule has 0 aliphatic heterocycles. The van der Waals surface area contributed by atoms with Crippen molar-refractivity contribution in [3.8, 4) is 0 Å².